The molecule has 2 heterocycles. The summed E-state index contributed by atoms with van der Waals surface area (Å²) in [5, 5.41) is 4.46. The van der Waals surface area contributed by atoms with Gasteiger partial charge in [0.05, 0.1) is 0 Å². The van der Waals surface area contributed by atoms with Crippen LogP contribution in [0.1, 0.15) is 49.9 Å². The quantitative estimate of drug-likeness (QED) is 0.579. The molecule has 0 spiro atoms. The highest BCUT2D eigenvalue weighted by Crippen LogP contribution is 2.25. The fourth-order valence-corrected chi connectivity index (χ4v) is 4.62. The van der Waals surface area contributed by atoms with Crippen molar-refractivity contribution in [2.75, 3.05) is 13.1 Å². The third kappa shape index (κ3) is 5.19. The van der Waals surface area contributed by atoms with Crippen molar-refractivity contribution in [2.45, 2.75) is 59.2 Å². The molecule has 0 aliphatic carbocycles. The zero-order valence-electron chi connectivity index (χ0n) is 19.1. The van der Waals surface area contributed by atoms with Crippen LogP contribution < -0.4 is 5.32 Å². The first-order valence-corrected chi connectivity index (χ1v) is 11.7. The van der Waals surface area contributed by atoms with E-state index in [0.717, 1.165) is 45.4 Å². The summed E-state index contributed by atoms with van der Waals surface area (Å²) in [5.41, 5.74) is 5.28. The Balaban J connectivity index is 1.47. The number of para-hydroxylation sites is 1. The lowest BCUT2D eigenvalue weighted by Crippen LogP contribution is -2.42. The maximum atomic E-state index is 12.5. The number of hydrogen-bond acceptors (Lipinski definition) is 2. The van der Waals surface area contributed by atoms with Crippen LogP contribution in [0.25, 0.3) is 10.9 Å². The number of piperidine rings is 1. The number of hydrogen-bond donors (Lipinski definition) is 1. The molecule has 1 unspecified atom stereocenters. The lowest BCUT2D eigenvalue weighted by Gasteiger charge is -2.32. The molecule has 1 atom stereocenters. The standard InChI is InChI=1S/C27H35N3O/c1-4-21(3)28-27(31)23-12-14-29(15-13-23)19-25-17-24-10-5-6-11-26(24)30(25)18-22-9-7-8-20(2)16-22/h5-11,16-17,21,23H,4,12-15,18-19H2,1-3H3,(H,28,31). The molecule has 2 aromatic carbocycles. The van der Waals surface area contributed by atoms with Crippen LogP contribution in [0.2, 0.25) is 0 Å². The molecule has 0 bridgehead atoms. The van der Waals surface area contributed by atoms with Gasteiger partial charge < -0.3 is 9.88 Å². The lowest BCUT2D eigenvalue weighted by molar-refractivity contribution is -0.127. The maximum Gasteiger partial charge on any atom is 0.223 e. The number of fused-ring (bicyclic) bond motifs is 1. The van der Waals surface area contributed by atoms with Crippen LogP contribution in [0, 0.1) is 12.8 Å². The van der Waals surface area contributed by atoms with E-state index in [1.807, 2.05) is 0 Å². The van der Waals surface area contributed by atoms with Gasteiger partial charge in [0.25, 0.3) is 0 Å². The average molecular weight is 418 g/mol. The van der Waals surface area contributed by atoms with Gasteiger partial charge in [0, 0.05) is 36.3 Å². The van der Waals surface area contributed by atoms with Gasteiger partial charge in [-0.2, -0.15) is 0 Å². The van der Waals surface area contributed by atoms with Crippen molar-refractivity contribution < 1.29 is 4.79 Å². The number of likely N-dealkylation sites (tertiary alicyclic amines) is 1. The zero-order chi connectivity index (χ0) is 21.8. The van der Waals surface area contributed by atoms with Gasteiger partial charge in [-0.15, -0.1) is 0 Å². The topological polar surface area (TPSA) is 37.3 Å². The van der Waals surface area contributed by atoms with E-state index in [2.05, 4.69) is 90.2 Å². The fraction of sp³-hybridized carbons (Fsp3) is 0.444. The van der Waals surface area contributed by atoms with Gasteiger partial charge in [0.15, 0.2) is 0 Å². The van der Waals surface area contributed by atoms with Gasteiger partial charge in [-0.1, -0.05) is 55.0 Å². The average Bonchev–Trinajstić information content (AvgIpc) is 3.11. The Bertz CT molecular complexity index is 1030. The van der Waals surface area contributed by atoms with Gasteiger partial charge in [-0.3, -0.25) is 9.69 Å². The van der Waals surface area contributed by atoms with Crippen LogP contribution in [0.3, 0.4) is 0 Å². The van der Waals surface area contributed by atoms with Gasteiger partial charge >= 0.3 is 0 Å². The molecule has 1 fully saturated rings. The highest BCUT2D eigenvalue weighted by molar-refractivity contribution is 5.81. The van der Waals surface area contributed by atoms with Crippen LogP contribution in [0.5, 0.6) is 0 Å². The van der Waals surface area contributed by atoms with Crippen LogP contribution in [-0.4, -0.2) is 34.5 Å². The Labute approximate surface area is 186 Å². The molecule has 4 nitrogen and oxygen atoms in total. The summed E-state index contributed by atoms with van der Waals surface area (Å²) >= 11 is 0. The van der Waals surface area contributed by atoms with E-state index < -0.39 is 0 Å². The third-order valence-electron chi connectivity index (χ3n) is 6.66. The minimum atomic E-state index is 0.156. The third-order valence-corrected chi connectivity index (χ3v) is 6.66. The molecule has 31 heavy (non-hydrogen) atoms. The fourth-order valence-electron chi connectivity index (χ4n) is 4.62. The number of benzene rings is 2. The van der Waals surface area contributed by atoms with Crippen molar-refractivity contribution in [1.29, 1.82) is 0 Å². The van der Waals surface area contributed by atoms with Crippen LogP contribution in [-0.2, 0) is 17.9 Å². The Morgan fingerprint density at radius 1 is 1.06 bits per heavy atom. The summed E-state index contributed by atoms with van der Waals surface area (Å²) < 4.78 is 2.46. The number of carbonyl (C=O) groups is 1. The second kappa shape index (κ2) is 9.69. The molecule has 1 aromatic heterocycles. The largest absolute Gasteiger partial charge is 0.353 e. The number of nitrogens with zero attached hydrogens (tertiary/aromatic N) is 2. The van der Waals surface area contributed by atoms with E-state index in [1.54, 1.807) is 0 Å². The number of amides is 1. The number of rotatable bonds is 7. The maximum absolute atomic E-state index is 12.5. The van der Waals surface area contributed by atoms with E-state index in [-0.39, 0.29) is 17.9 Å². The molecular weight excluding hydrogens is 382 g/mol. The molecule has 4 rings (SSSR count). The van der Waals surface area contributed by atoms with Crippen molar-refractivity contribution in [3.63, 3.8) is 0 Å². The first kappa shape index (κ1) is 21.6. The summed E-state index contributed by atoms with van der Waals surface area (Å²) in [5.74, 6) is 0.394. The Morgan fingerprint density at radius 3 is 2.58 bits per heavy atom. The number of carbonyl (C=O) groups excluding carboxylic acids is 1. The van der Waals surface area contributed by atoms with E-state index in [4.69, 9.17) is 0 Å². The van der Waals surface area contributed by atoms with Crippen molar-refractivity contribution in [2.24, 2.45) is 5.92 Å². The molecule has 0 radical (unpaired) electrons. The second-order valence-corrected chi connectivity index (χ2v) is 9.14. The summed E-state index contributed by atoms with van der Waals surface area (Å²) in [4.78, 5) is 15.0. The normalized spacial score (nSPS) is 16.5. The molecule has 1 N–H and O–H groups in total. The number of nitrogens with one attached hydrogen (secondary N) is 1. The highest BCUT2D eigenvalue weighted by atomic mass is 16.1. The van der Waals surface area contributed by atoms with Gasteiger partial charge in [0.2, 0.25) is 5.91 Å². The molecule has 0 saturated carbocycles. The van der Waals surface area contributed by atoms with Crippen LogP contribution in [0.4, 0.5) is 0 Å². The van der Waals surface area contributed by atoms with Crippen molar-refractivity contribution in [3.8, 4) is 0 Å². The van der Waals surface area contributed by atoms with E-state index in [9.17, 15) is 4.79 Å². The van der Waals surface area contributed by atoms with E-state index in [0.29, 0.717) is 0 Å². The zero-order valence-corrected chi connectivity index (χ0v) is 19.1. The van der Waals surface area contributed by atoms with Gasteiger partial charge in [-0.25, -0.2) is 0 Å². The summed E-state index contributed by atoms with van der Waals surface area (Å²) in [6.07, 6.45) is 2.87. The van der Waals surface area contributed by atoms with Crippen LogP contribution in [0.15, 0.2) is 54.6 Å². The van der Waals surface area contributed by atoms with Crippen LogP contribution >= 0.6 is 0 Å². The first-order valence-electron chi connectivity index (χ1n) is 11.7. The molecular formula is C27H35N3O. The predicted molar refractivity (Wildman–Crippen MR) is 128 cm³/mol. The Hall–Kier alpha value is -2.59. The minimum absolute atomic E-state index is 0.156. The molecule has 1 aliphatic heterocycles. The molecule has 1 amide bonds. The molecule has 4 heteroatoms. The first-order chi connectivity index (χ1) is 15.0. The summed E-state index contributed by atoms with van der Waals surface area (Å²) in [7, 11) is 0. The smallest absolute Gasteiger partial charge is 0.223 e. The summed E-state index contributed by atoms with van der Waals surface area (Å²) in [6, 6.07) is 20.1. The monoisotopic (exact) mass is 417 g/mol. The Kier molecular flexibility index (Phi) is 6.77. The summed E-state index contributed by atoms with van der Waals surface area (Å²) in [6.45, 7) is 10.1. The number of aryl methyl sites for hydroxylation is 1. The predicted octanol–water partition coefficient (Wildman–Crippen LogP) is 5.12. The second-order valence-electron chi connectivity index (χ2n) is 9.14. The van der Waals surface area contributed by atoms with Gasteiger partial charge in [0.1, 0.15) is 0 Å². The van der Waals surface area contributed by atoms with Crippen molar-refractivity contribution in [3.05, 3.63) is 71.4 Å². The molecule has 1 saturated heterocycles. The molecule has 164 valence electrons. The van der Waals surface area contributed by atoms with Gasteiger partial charge in [-0.05, 0) is 69.3 Å². The molecule has 1 aliphatic rings. The number of aromatic nitrogens is 1. The Morgan fingerprint density at radius 2 is 1.84 bits per heavy atom. The minimum Gasteiger partial charge on any atom is -0.353 e. The van der Waals surface area contributed by atoms with E-state index >= 15 is 0 Å². The molecule has 3 aromatic rings. The SMILES string of the molecule is CCC(C)NC(=O)C1CCN(Cc2cc3ccccc3n2Cc2cccc(C)c2)CC1. The van der Waals surface area contributed by atoms with Crippen molar-refractivity contribution in [1.82, 2.24) is 14.8 Å². The van der Waals surface area contributed by atoms with Crippen molar-refractivity contribution >= 4 is 16.8 Å². The van der Waals surface area contributed by atoms with E-state index in [1.165, 1.54) is 27.7 Å². The lowest BCUT2D eigenvalue weighted by atomic mass is 9.95. The highest BCUT2D eigenvalue weighted by Gasteiger charge is 2.26.